The third-order valence-electron chi connectivity index (χ3n) is 8.35. The number of ether oxygens (including phenoxy) is 5. The second-order valence-corrected chi connectivity index (χ2v) is 12.4. The third kappa shape index (κ3) is 14.3. The van der Waals surface area contributed by atoms with Crippen molar-refractivity contribution in [1.82, 2.24) is 15.6 Å². The van der Waals surface area contributed by atoms with E-state index >= 15 is 0 Å². The maximum atomic E-state index is 12.8. The van der Waals surface area contributed by atoms with Crippen LogP contribution in [0.2, 0.25) is 0 Å². The SMILES string of the molecule is CCCOCCOCCOCCOc1ccc(-c2ccc([C@H](CC(=O)O)NC(=O)CNC(=O)CCCCNc3cc(OC)ccn3)cc2)c2ccccc12. The first-order valence-electron chi connectivity index (χ1n) is 18.4. The number of rotatable bonds is 26. The summed E-state index contributed by atoms with van der Waals surface area (Å²) >= 11 is 0. The van der Waals surface area contributed by atoms with Gasteiger partial charge in [0.25, 0.3) is 0 Å². The number of benzene rings is 3. The van der Waals surface area contributed by atoms with Gasteiger partial charge in [-0.15, -0.1) is 0 Å². The van der Waals surface area contributed by atoms with Crippen molar-refractivity contribution in [1.29, 1.82) is 0 Å². The second kappa shape index (κ2) is 23.4. The summed E-state index contributed by atoms with van der Waals surface area (Å²) in [5.41, 5.74) is 2.54. The highest BCUT2D eigenvalue weighted by atomic mass is 16.6. The molecule has 13 heteroatoms. The molecule has 13 nitrogen and oxygen atoms in total. The molecular formula is C41H52N4O9. The van der Waals surface area contributed by atoms with Crippen molar-refractivity contribution in [3.05, 3.63) is 84.6 Å². The summed E-state index contributed by atoms with van der Waals surface area (Å²) in [7, 11) is 1.59. The first-order chi connectivity index (χ1) is 26.4. The van der Waals surface area contributed by atoms with Crippen LogP contribution in [0, 0.1) is 0 Å². The van der Waals surface area contributed by atoms with Gasteiger partial charge in [-0.1, -0.05) is 61.5 Å². The van der Waals surface area contributed by atoms with Gasteiger partial charge in [-0.25, -0.2) is 4.98 Å². The molecule has 0 aliphatic rings. The molecule has 1 heterocycles. The van der Waals surface area contributed by atoms with Gasteiger partial charge >= 0.3 is 5.97 Å². The molecule has 0 aliphatic carbocycles. The van der Waals surface area contributed by atoms with E-state index in [1.807, 2.05) is 60.7 Å². The number of nitrogens with one attached hydrogen (secondary N) is 3. The van der Waals surface area contributed by atoms with E-state index < -0.39 is 17.9 Å². The van der Waals surface area contributed by atoms with Crippen molar-refractivity contribution in [2.45, 2.75) is 45.1 Å². The molecule has 0 saturated heterocycles. The molecule has 0 radical (unpaired) electrons. The summed E-state index contributed by atoms with van der Waals surface area (Å²) in [5, 5.41) is 20.1. The predicted molar refractivity (Wildman–Crippen MR) is 207 cm³/mol. The Hall–Kier alpha value is -5.24. The number of fused-ring (bicyclic) bond motifs is 1. The highest BCUT2D eigenvalue weighted by Gasteiger charge is 2.19. The zero-order chi connectivity index (χ0) is 38.4. The monoisotopic (exact) mass is 744 g/mol. The lowest BCUT2D eigenvalue weighted by atomic mass is 9.95. The fraction of sp³-hybridized carbons (Fsp3) is 0.415. The van der Waals surface area contributed by atoms with Gasteiger partial charge < -0.3 is 44.7 Å². The molecule has 0 aliphatic heterocycles. The minimum absolute atomic E-state index is 0.253. The summed E-state index contributed by atoms with van der Waals surface area (Å²) in [6.07, 6.45) is 3.93. The summed E-state index contributed by atoms with van der Waals surface area (Å²) in [6, 6.07) is 22.1. The van der Waals surface area contributed by atoms with Crippen LogP contribution in [0.15, 0.2) is 79.0 Å². The van der Waals surface area contributed by atoms with Gasteiger partial charge in [-0.05, 0) is 53.5 Å². The number of anilines is 1. The van der Waals surface area contributed by atoms with Crippen LogP contribution in [-0.2, 0) is 28.6 Å². The van der Waals surface area contributed by atoms with E-state index in [0.29, 0.717) is 69.7 Å². The number of nitrogens with zero attached hydrogens (tertiary/aromatic N) is 1. The number of carboxylic acid groups (broad SMARTS) is 1. The Morgan fingerprint density at radius 2 is 1.50 bits per heavy atom. The third-order valence-corrected chi connectivity index (χ3v) is 8.35. The van der Waals surface area contributed by atoms with Gasteiger partial charge in [0.15, 0.2) is 0 Å². The highest BCUT2D eigenvalue weighted by molar-refractivity contribution is 6.00. The fourth-order valence-corrected chi connectivity index (χ4v) is 5.64. The van der Waals surface area contributed by atoms with Gasteiger partial charge in [0.05, 0.1) is 59.2 Å². The predicted octanol–water partition coefficient (Wildman–Crippen LogP) is 5.78. The van der Waals surface area contributed by atoms with Crippen LogP contribution in [0.3, 0.4) is 0 Å². The molecule has 4 rings (SSSR count). The maximum Gasteiger partial charge on any atom is 0.305 e. The fourth-order valence-electron chi connectivity index (χ4n) is 5.64. The first-order valence-corrected chi connectivity index (χ1v) is 18.4. The van der Waals surface area contributed by atoms with Crippen LogP contribution in [0.1, 0.15) is 50.6 Å². The van der Waals surface area contributed by atoms with E-state index in [4.69, 9.17) is 23.7 Å². The molecule has 1 aromatic heterocycles. The summed E-state index contributed by atoms with van der Waals surface area (Å²) in [4.78, 5) is 41.1. The van der Waals surface area contributed by atoms with Gasteiger partial charge in [0, 0.05) is 37.2 Å². The standard InChI is InChI=1S/C41H52N4O9/c1-3-20-51-21-22-52-23-24-53-25-26-54-37-16-15-33(34-8-4-5-9-35(34)37)30-11-13-31(14-12-30)36(28-41(48)49)45-40(47)29-44-39(46)10-6-7-18-42-38-27-32(50-2)17-19-43-38/h4-5,8-9,11-17,19,27,36H,3,6-7,10,18,20-26,28-29H2,1-2H3,(H,42,43)(H,44,46)(H,45,47)(H,48,49)/t36-/m0/s1. The maximum absolute atomic E-state index is 12.8. The van der Waals surface area contributed by atoms with E-state index in [9.17, 15) is 19.5 Å². The average molecular weight is 745 g/mol. The lowest BCUT2D eigenvalue weighted by Gasteiger charge is -2.19. The number of amides is 2. The van der Waals surface area contributed by atoms with Gasteiger partial charge in [-0.3, -0.25) is 14.4 Å². The van der Waals surface area contributed by atoms with E-state index in [1.165, 1.54) is 0 Å². The number of carboxylic acids is 1. The lowest BCUT2D eigenvalue weighted by molar-refractivity contribution is -0.138. The minimum atomic E-state index is -1.06. The molecule has 0 fully saturated rings. The molecule has 290 valence electrons. The first kappa shape index (κ1) is 41.5. The Kier molecular flexibility index (Phi) is 18.0. The number of hydrogen-bond donors (Lipinski definition) is 4. The van der Waals surface area contributed by atoms with Crippen LogP contribution in [-0.4, -0.2) is 94.3 Å². The number of unbranched alkanes of at least 4 members (excludes halogenated alkanes) is 1. The summed E-state index contributed by atoms with van der Waals surface area (Å²) < 4.78 is 27.8. The molecule has 4 N–H and O–H groups in total. The van der Waals surface area contributed by atoms with Crippen LogP contribution in [0.5, 0.6) is 11.5 Å². The molecule has 3 aromatic carbocycles. The number of aliphatic carboxylic acids is 1. The average Bonchev–Trinajstić information content (AvgIpc) is 3.18. The van der Waals surface area contributed by atoms with Crippen molar-refractivity contribution in [3.63, 3.8) is 0 Å². The Morgan fingerprint density at radius 1 is 0.796 bits per heavy atom. The zero-order valence-electron chi connectivity index (χ0n) is 31.1. The Bertz CT molecular complexity index is 1750. The van der Waals surface area contributed by atoms with Crippen molar-refractivity contribution >= 4 is 34.4 Å². The van der Waals surface area contributed by atoms with Crippen molar-refractivity contribution in [2.75, 3.05) is 71.8 Å². The smallest absolute Gasteiger partial charge is 0.305 e. The zero-order valence-corrected chi connectivity index (χ0v) is 31.1. The Balaban J connectivity index is 1.24. The van der Waals surface area contributed by atoms with Gasteiger partial charge in [0.2, 0.25) is 11.8 Å². The molecule has 1 atom stereocenters. The number of aromatic nitrogens is 1. The molecular weight excluding hydrogens is 692 g/mol. The molecule has 0 spiro atoms. The highest BCUT2D eigenvalue weighted by Crippen LogP contribution is 2.35. The van der Waals surface area contributed by atoms with Crippen LogP contribution >= 0.6 is 0 Å². The number of carbonyl (C=O) groups is 3. The van der Waals surface area contributed by atoms with Gasteiger partial charge in [-0.2, -0.15) is 0 Å². The summed E-state index contributed by atoms with van der Waals surface area (Å²) in [5.74, 6) is 0.349. The van der Waals surface area contributed by atoms with E-state index in [-0.39, 0.29) is 25.3 Å². The second-order valence-electron chi connectivity index (χ2n) is 12.4. The molecule has 4 aromatic rings. The van der Waals surface area contributed by atoms with Crippen LogP contribution in [0.25, 0.3) is 21.9 Å². The van der Waals surface area contributed by atoms with Crippen LogP contribution < -0.4 is 25.4 Å². The number of carbonyl (C=O) groups excluding carboxylic acids is 2. The largest absolute Gasteiger partial charge is 0.497 e. The van der Waals surface area contributed by atoms with E-state index in [1.54, 1.807) is 25.4 Å². The number of hydrogen-bond acceptors (Lipinski definition) is 10. The Labute approximate surface area is 316 Å². The van der Waals surface area contributed by atoms with Crippen molar-refractivity contribution in [2.24, 2.45) is 0 Å². The molecule has 0 saturated carbocycles. The molecule has 0 bridgehead atoms. The quantitative estimate of drug-likeness (QED) is 0.0576. The van der Waals surface area contributed by atoms with Crippen LogP contribution in [0.4, 0.5) is 5.82 Å². The normalized spacial score (nSPS) is 11.5. The Morgan fingerprint density at radius 3 is 2.20 bits per heavy atom. The molecule has 0 unspecified atom stereocenters. The summed E-state index contributed by atoms with van der Waals surface area (Å²) in [6.45, 7) is 6.11. The van der Waals surface area contributed by atoms with E-state index in [0.717, 1.165) is 47.1 Å². The molecule has 2 amide bonds. The minimum Gasteiger partial charge on any atom is -0.497 e. The topological polar surface area (TPSA) is 167 Å². The van der Waals surface area contributed by atoms with Crippen molar-refractivity contribution in [3.8, 4) is 22.6 Å². The lowest BCUT2D eigenvalue weighted by Crippen LogP contribution is -2.39. The van der Waals surface area contributed by atoms with E-state index in [2.05, 4.69) is 27.9 Å². The number of pyridine rings is 1. The number of methoxy groups -OCH3 is 1. The molecule has 54 heavy (non-hydrogen) atoms. The van der Waals surface area contributed by atoms with Crippen molar-refractivity contribution < 1.29 is 43.2 Å². The van der Waals surface area contributed by atoms with Gasteiger partial charge in [0.1, 0.15) is 23.9 Å².